The lowest BCUT2D eigenvalue weighted by Gasteiger charge is -1.96. The highest BCUT2D eigenvalue weighted by Gasteiger charge is 2.02. The van der Waals surface area contributed by atoms with Gasteiger partial charge in [-0.25, -0.2) is 0 Å². The molecule has 0 fully saturated rings. The van der Waals surface area contributed by atoms with E-state index in [1.807, 2.05) is 11.8 Å². The van der Waals surface area contributed by atoms with Crippen LogP contribution in [0.1, 0.15) is 38.1 Å². The van der Waals surface area contributed by atoms with Gasteiger partial charge < -0.3 is 5.32 Å². The van der Waals surface area contributed by atoms with Crippen LogP contribution < -0.4 is 5.32 Å². The van der Waals surface area contributed by atoms with Gasteiger partial charge in [-0.3, -0.25) is 0 Å². The van der Waals surface area contributed by atoms with Crippen molar-refractivity contribution in [1.82, 2.24) is 10.2 Å². The molecule has 0 aromatic carbocycles. The molecule has 1 aromatic rings. The van der Waals surface area contributed by atoms with Crippen molar-refractivity contribution in [3.63, 3.8) is 0 Å². The molecular weight excluding hydrogens is 226 g/mol. The summed E-state index contributed by atoms with van der Waals surface area (Å²) in [6, 6.07) is 0. The second-order valence-corrected chi connectivity index (χ2v) is 5.46. The number of nitrogens with zero attached hydrogens (tertiary/aromatic N) is 2. The minimum absolute atomic E-state index is 0.915. The minimum atomic E-state index is 0.915. The number of thioether (sulfide) groups is 1. The Morgan fingerprint density at radius 3 is 2.87 bits per heavy atom. The Bertz CT molecular complexity index is 263. The zero-order chi connectivity index (χ0) is 10.9. The predicted octanol–water partition coefficient (Wildman–Crippen LogP) is 3.39. The number of unbranched alkanes of at least 4 members (excludes halogenated alkanes) is 2. The Morgan fingerprint density at radius 1 is 1.27 bits per heavy atom. The minimum Gasteiger partial charge on any atom is -0.360 e. The first-order valence-electron chi connectivity index (χ1n) is 5.50. The molecule has 0 amide bonds. The molecule has 15 heavy (non-hydrogen) atoms. The van der Waals surface area contributed by atoms with Gasteiger partial charge in [0.15, 0.2) is 0 Å². The van der Waals surface area contributed by atoms with E-state index in [0.717, 1.165) is 22.4 Å². The van der Waals surface area contributed by atoms with E-state index in [9.17, 15) is 0 Å². The summed E-state index contributed by atoms with van der Waals surface area (Å²) in [7, 11) is 0. The number of rotatable bonds is 8. The van der Waals surface area contributed by atoms with Crippen LogP contribution in [0, 0.1) is 0 Å². The smallest absolute Gasteiger partial charge is 0.205 e. The van der Waals surface area contributed by atoms with Gasteiger partial charge in [0.25, 0.3) is 0 Å². The molecule has 0 unspecified atom stereocenters. The normalized spacial score (nSPS) is 10.5. The van der Waals surface area contributed by atoms with E-state index in [4.69, 9.17) is 0 Å². The molecule has 0 radical (unpaired) electrons. The zero-order valence-electron chi connectivity index (χ0n) is 9.45. The summed E-state index contributed by atoms with van der Waals surface area (Å²) >= 11 is 3.62. The van der Waals surface area contributed by atoms with Crippen molar-refractivity contribution >= 4 is 28.2 Å². The topological polar surface area (TPSA) is 37.8 Å². The second-order valence-electron chi connectivity index (χ2n) is 3.29. The molecule has 0 aliphatic rings. The monoisotopic (exact) mass is 245 g/mol. The van der Waals surface area contributed by atoms with Crippen molar-refractivity contribution in [1.29, 1.82) is 0 Å². The third-order valence-corrected chi connectivity index (χ3v) is 4.03. The van der Waals surface area contributed by atoms with Crippen LogP contribution in [0.25, 0.3) is 0 Å². The molecule has 0 aliphatic heterocycles. The molecule has 1 heterocycles. The maximum Gasteiger partial charge on any atom is 0.205 e. The van der Waals surface area contributed by atoms with E-state index in [2.05, 4.69) is 29.4 Å². The predicted molar refractivity (Wildman–Crippen MR) is 69.8 cm³/mol. The van der Waals surface area contributed by atoms with Crippen LogP contribution in [0.2, 0.25) is 0 Å². The third-order valence-electron chi connectivity index (χ3n) is 1.91. The van der Waals surface area contributed by atoms with E-state index in [0.29, 0.717) is 0 Å². The first-order valence-corrected chi connectivity index (χ1v) is 7.48. The van der Waals surface area contributed by atoms with Crippen LogP contribution in [-0.2, 0) is 5.75 Å². The Balaban J connectivity index is 2.14. The number of hydrogen-bond donors (Lipinski definition) is 1. The second kappa shape index (κ2) is 7.93. The summed E-state index contributed by atoms with van der Waals surface area (Å²) in [5, 5.41) is 13.5. The van der Waals surface area contributed by atoms with Crippen molar-refractivity contribution in [2.24, 2.45) is 0 Å². The highest BCUT2D eigenvalue weighted by molar-refractivity contribution is 7.98. The summed E-state index contributed by atoms with van der Waals surface area (Å²) in [5.74, 6) is 2.25. The van der Waals surface area contributed by atoms with E-state index in [1.165, 1.54) is 25.0 Å². The molecule has 86 valence electrons. The van der Waals surface area contributed by atoms with Crippen LogP contribution in [0.5, 0.6) is 0 Å². The van der Waals surface area contributed by atoms with Gasteiger partial charge in [-0.2, -0.15) is 11.8 Å². The number of aromatic nitrogens is 2. The molecule has 0 spiro atoms. The third kappa shape index (κ3) is 5.37. The van der Waals surface area contributed by atoms with Crippen molar-refractivity contribution in [2.45, 2.75) is 38.9 Å². The van der Waals surface area contributed by atoms with Crippen molar-refractivity contribution in [3.05, 3.63) is 5.01 Å². The van der Waals surface area contributed by atoms with E-state index in [-0.39, 0.29) is 0 Å². The van der Waals surface area contributed by atoms with E-state index in [1.54, 1.807) is 11.3 Å². The van der Waals surface area contributed by atoms with Gasteiger partial charge in [-0.05, 0) is 19.1 Å². The zero-order valence-corrected chi connectivity index (χ0v) is 11.1. The molecule has 0 saturated carbocycles. The Hall–Kier alpha value is -0.290. The number of hydrogen-bond acceptors (Lipinski definition) is 5. The SMILES string of the molecule is CCCCCSCc1nnc(NCC)s1. The highest BCUT2D eigenvalue weighted by Crippen LogP contribution is 2.20. The summed E-state index contributed by atoms with van der Waals surface area (Å²) in [6.45, 7) is 5.22. The maximum atomic E-state index is 4.14. The molecule has 3 nitrogen and oxygen atoms in total. The Kier molecular flexibility index (Phi) is 6.76. The summed E-state index contributed by atoms with van der Waals surface area (Å²) < 4.78 is 0. The van der Waals surface area contributed by atoms with E-state index < -0.39 is 0 Å². The van der Waals surface area contributed by atoms with Gasteiger partial charge in [0.1, 0.15) is 5.01 Å². The van der Waals surface area contributed by atoms with Gasteiger partial charge in [-0.15, -0.1) is 10.2 Å². The van der Waals surface area contributed by atoms with E-state index >= 15 is 0 Å². The molecular formula is C10H19N3S2. The van der Waals surface area contributed by atoms with Crippen molar-refractivity contribution < 1.29 is 0 Å². The van der Waals surface area contributed by atoms with Gasteiger partial charge in [0.2, 0.25) is 5.13 Å². The fourth-order valence-corrected chi connectivity index (χ4v) is 3.02. The van der Waals surface area contributed by atoms with Crippen LogP contribution in [-0.4, -0.2) is 22.5 Å². The lowest BCUT2D eigenvalue weighted by molar-refractivity contribution is 0.778. The Labute approximate surface area is 100 Å². The lowest BCUT2D eigenvalue weighted by atomic mass is 10.3. The van der Waals surface area contributed by atoms with Crippen molar-refractivity contribution in [2.75, 3.05) is 17.6 Å². The van der Waals surface area contributed by atoms with Crippen LogP contribution in [0.15, 0.2) is 0 Å². The molecule has 0 atom stereocenters. The van der Waals surface area contributed by atoms with Crippen molar-refractivity contribution in [3.8, 4) is 0 Å². The molecule has 0 aliphatic carbocycles. The first kappa shape index (κ1) is 12.8. The largest absolute Gasteiger partial charge is 0.360 e. The average molecular weight is 245 g/mol. The standard InChI is InChI=1S/C10H19N3S2/c1-3-5-6-7-14-8-9-12-13-10(15-9)11-4-2/h3-8H2,1-2H3,(H,11,13). The molecule has 0 saturated heterocycles. The van der Waals surface area contributed by atoms with Crippen LogP contribution in [0.4, 0.5) is 5.13 Å². The summed E-state index contributed by atoms with van der Waals surface area (Å²) in [4.78, 5) is 0. The molecule has 0 bridgehead atoms. The first-order chi connectivity index (χ1) is 7.36. The Morgan fingerprint density at radius 2 is 2.13 bits per heavy atom. The van der Waals surface area contributed by atoms with Gasteiger partial charge in [0.05, 0.1) is 0 Å². The fourth-order valence-electron chi connectivity index (χ4n) is 1.15. The summed E-state index contributed by atoms with van der Waals surface area (Å²) in [6.07, 6.45) is 3.95. The average Bonchev–Trinajstić information content (AvgIpc) is 2.66. The fraction of sp³-hybridized carbons (Fsp3) is 0.800. The van der Waals surface area contributed by atoms with Gasteiger partial charge in [-0.1, -0.05) is 31.1 Å². The van der Waals surface area contributed by atoms with Gasteiger partial charge >= 0.3 is 0 Å². The highest BCUT2D eigenvalue weighted by atomic mass is 32.2. The molecule has 1 rings (SSSR count). The quantitative estimate of drug-likeness (QED) is 0.712. The molecule has 5 heteroatoms. The van der Waals surface area contributed by atoms with Crippen LogP contribution in [0.3, 0.4) is 0 Å². The lowest BCUT2D eigenvalue weighted by Crippen LogP contribution is -1.94. The number of nitrogens with one attached hydrogen (secondary N) is 1. The number of anilines is 1. The summed E-state index contributed by atoms with van der Waals surface area (Å²) in [5.41, 5.74) is 0. The molecule has 1 N–H and O–H groups in total. The van der Waals surface area contributed by atoms with Gasteiger partial charge in [0, 0.05) is 12.3 Å². The van der Waals surface area contributed by atoms with Crippen LogP contribution >= 0.6 is 23.1 Å². The maximum absolute atomic E-state index is 4.14. The molecule has 1 aromatic heterocycles.